The zero-order valence-corrected chi connectivity index (χ0v) is 8.19. The lowest BCUT2D eigenvalue weighted by Crippen LogP contribution is -1.85. The van der Waals surface area contributed by atoms with Crippen molar-refractivity contribution >= 4 is 16.8 Å². The summed E-state index contributed by atoms with van der Waals surface area (Å²) in [4.78, 5) is 3.81. The van der Waals surface area contributed by atoms with Crippen LogP contribution in [0.4, 0.5) is 0 Å². The Morgan fingerprint density at radius 1 is 1.00 bits per heavy atom. The van der Waals surface area contributed by atoms with Gasteiger partial charge in [-0.15, -0.1) is 0 Å². The third-order valence-corrected chi connectivity index (χ3v) is 2.35. The first-order valence-corrected chi connectivity index (χ1v) is 5.14. The molecule has 1 nitrogen and oxygen atoms in total. The first-order valence-electron chi connectivity index (χ1n) is 4.76. The van der Waals surface area contributed by atoms with Crippen molar-refractivity contribution in [2.75, 3.05) is 6.54 Å². The van der Waals surface area contributed by atoms with Crippen LogP contribution in [0.15, 0.2) is 17.1 Å². The third kappa shape index (κ3) is 4.55. The minimum Gasteiger partial charge on any atom is -0.269 e. The summed E-state index contributed by atoms with van der Waals surface area (Å²) in [7, 11) is 0. The van der Waals surface area contributed by atoms with Crippen molar-refractivity contribution < 1.29 is 0 Å². The Kier molecular flexibility index (Phi) is 5.09. The molecule has 68 valence electrons. The Morgan fingerprint density at radius 2 is 1.50 bits per heavy atom. The van der Waals surface area contributed by atoms with Gasteiger partial charge in [-0.2, -0.15) is 0 Å². The van der Waals surface area contributed by atoms with Crippen LogP contribution in [0, 0.1) is 0 Å². The molecule has 2 rings (SSSR count). The van der Waals surface area contributed by atoms with Crippen molar-refractivity contribution in [3.8, 4) is 0 Å². The summed E-state index contributed by atoms with van der Waals surface area (Å²) in [6, 6.07) is 0. The normalized spacial score (nSPS) is 21.2. The van der Waals surface area contributed by atoms with Crippen LogP contribution in [0.5, 0.6) is 0 Å². The maximum atomic E-state index is 5.38. The van der Waals surface area contributed by atoms with Crippen LogP contribution in [0.25, 0.3) is 0 Å². The molecular formula is C10H16ClN. The molecule has 0 spiro atoms. The largest absolute Gasteiger partial charge is 0.269 e. The summed E-state index contributed by atoms with van der Waals surface area (Å²) in [5, 5.41) is 0.620. The van der Waals surface area contributed by atoms with Gasteiger partial charge < -0.3 is 0 Å². The second-order valence-corrected chi connectivity index (χ2v) is 3.57. The topological polar surface area (TPSA) is 12.4 Å². The quantitative estimate of drug-likeness (QED) is 0.548. The molecular weight excluding hydrogens is 170 g/mol. The van der Waals surface area contributed by atoms with Crippen LogP contribution in [0.3, 0.4) is 0 Å². The third-order valence-electron chi connectivity index (χ3n) is 2.10. The van der Waals surface area contributed by atoms with Gasteiger partial charge in [0, 0.05) is 0 Å². The molecule has 0 atom stereocenters. The van der Waals surface area contributed by atoms with Crippen LogP contribution in [0.1, 0.15) is 38.5 Å². The minimum absolute atomic E-state index is 0.620. The fraction of sp³-hybridized carbons (Fsp3) is 0.700. The van der Waals surface area contributed by atoms with E-state index in [1.807, 2.05) is 6.08 Å². The maximum absolute atomic E-state index is 5.38. The molecule has 1 aliphatic carbocycles. The lowest BCUT2D eigenvalue weighted by Gasteiger charge is -2.05. The molecule has 1 aliphatic heterocycles. The number of allylic oxidation sites excluding steroid dienone is 1. The van der Waals surface area contributed by atoms with Gasteiger partial charge in [0.15, 0.2) is 0 Å². The van der Waals surface area contributed by atoms with Crippen molar-refractivity contribution in [1.29, 1.82) is 0 Å². The first kappa shape index (κ1) is 9.79. The highest BCUT2D eigenvalue weighted by molar-refractivity contribution is 6.68. The van der Waals surface area contributed by atoms with Crippen molar-refractivity contribution in [3.05, 3.63) is 12.2 Å². The number of hydrogen-bond acceptors (Lipinski definition) is 1. The van der Waals surface area contributed by atoms with Crippen LogP contribution in [-0.4, -0.2) is 11.7 Å². The average molecular weight is 186 g/mol. The second kappa shape index (κ2) is 6.24. The zero-order chi connectivity index (χ0) is 8.65. The molecule has 0 saturated heterocycles. The lowest BCUT2D eigenvalue weighted by molar-refractivity contribution is 0.504. The molecule has 0 N–H and O–H groups in total. The molecule has 0 radical (unpaired) electrons. The van der Waals surface area contributed by atoms with E-state index >= 15 is 0 Å². The summed E-state index contributed by atoms with van der Waals surface area (Å²) in [5.41, 5.74) is 0. The van der Waals surface area contributed by atoms with Crippen LogP contribution in [0.2, 0.25) is 0 Å². The monoisotopic (exact) mass is 185 g/mol. The smallest absolute Gasteiger partial charge is 0.123 e. The van der Waals surface area contributed by atoms with Gasteiger partial charge in [0.2, 0.25) is 0 Å². The summed E-state index contributed by atoms with van der Waals surface area (Å²) in [6.07, 6.45) is 12.7. The van der Waals surface area contributed by atoms with Crippen molar-refractivity contribution in [2.24, 2.45) is 4.99 Å². The standard InChI is InChI=1S/C6H12.C4H4ClN/c1-2-4-6-5-3-1;5-4-2-1-3-6-4/h1-6H2;1-2H,3H2. The van der Waals surface area contributed by atoms with Gasteiger partial charge in [-0.25, -0.2) is 0 Å². The van der Waals surface area contributed by atoms with Crippen molar-refractivity contribution in [2.45, 2.75) is 38.5 Å². The van der Waals surface area contributed by atoms with E-state index in [0.717, 1.165) is 6.54 Å². The van der Waals surface area contributed by atoms with Crippen molar-refractivity contribution in [3.63, 3.8) is 0 Å². The fourth-order valence-electron chi connectivity index (χ4n) is 1.40. The van der Waals surface area contributed by atoms with E-state index in [1.165, 1.54) is 38.5 Å². The van der Waals surface area contributed by atoms with E-state index in [4.69, 9.17) is 11.6 Å². The van der Waals surface area contributed by atoms with Crippen LogP contribution >= 0.6 is 11.6 Å². The number of hydrogen-bond donors (Lipinski definition) is 0. The summed E-state index contributed by atoms with van der Waals surface area (Å²) >= 11 is 5.38. The molecule has 0 unspecified atom stereocenters. The highest BCUT2D eigenvalue weighted by Gasteiger charge is 1.95. The van der Waals surface area contributed by atoms with Gasteiger partial charge in [-0.1, -0.05) is 56.2 Å². The predicted octanol–water partition coefficient (Wildman–Crippen LogP) is 3.53. The molecule has 0 aromatic heterocycles. The van der Waals surface area contributed by atoms with Crippen LogP contribution in [-0.2, 0) is 0 Å². The molecule has 1 fully saturated rings. The first-order chi connectivity index (χ1) is 5.89. The zero-order valence-electron chi connectivity index (χ0n) is 7.43. The van der Waals surface area contributed by atoms with Gasteiger partial charge in [0.25, 0.3) is 0 Å². The summed E-state index contributed by atoms with van der Waals surface area (Å²) in [6.45, 7) is 0.763. The molecule has 0 bridgehead atoms. The summed E-state index contributed by atoms with van der Waals surface area (Å²) in [5.74, 6) is 0. The Labute approximate surface area is 79.5 Å². The van der Waals surface area contributed by atoms with E-state index in [0.29, 0.717) is 5.17 Å². The van der Waals surface area contributed by atoms with Gasteiger partial charge in [0.05, 0.1) is 6.54 Å². The molecule has 0 aromatic rings. The summed E-state index contributed by atoms with van der Waals surface area (Å²) < 4.78 is 0. The SMILES string of the molecule is C1CCCCC1.ClC1=NCC=C1. The van der Waals surface area contributed by atoms with E-state index in [1.54, 1.807) is 6.08 Å². The van der Waals surface area contributed by atoms with Gasteiger partial charge in [-0.05, 0) is 6.08 Å². The highest BCUT2D eigenvalue weighted by Crippen LogP contribution is 2.15. The maximum Gasteiger partial charge on any atom is 0.123 e. The molecule has 0 amide bonds. The molecule has 2 aliphatic rings. The van der Waals surface area contributed by atoms with E-state index < -0.39 is 0 Å². The van der Waals surface area contributed by atoms with Crippen LogP contribution < -0.4 is 0 Å². The van der Waals surface area contributed by atoms with Gasteiger partial charge in [-0.3, -0.25) is 4.99 Å². The second-order valence-electron chi connectivity index (χ2n) is 3.19. The molecule has 2 heteroatoms. The number of aliphatic imine (C=N–C) groups is 1. The van der Waals surface area contributed by atoms with E-state index in [9.17, 15) is 0 Å². The Hall–Kier alpha value is -0.300. The number of rotatable bonds is 0. The Balaban J connectivity index is 0.000000120. The average Bonchev–Trinajstić information content (AvgIpc) is 2.60. The van der Waals surface area contributed by atoms with Gasteiger partial charge in [0.1, 0.15) is 5.17 Å². The lowest BCUT2D eigenvalue weighted by atomic mass is 10.0. The van der Waals surface area contributed by atoms with Gasteiger partial charge >= 0.3 is 0 Å². The van der Waals surface area contributed by atoms with Crippen molar-refractivity contribution in [1.82, 2.24) is 0 Å². The fourth-order valence-corrected chi connectivity index (χ4v) is 1.56. The Bertz CT molecular complexity index is 154. The predicted molar refractivity (Wildman–Crippen MR) is 55.0 cm³/mol. The van der Waals surface area contributed by atoms with E-state index in [-0.39, 0.29) is 0 Å². The molecule has 0 aromatic carbocycles. The Morgan fingerprint density at radius 3 is 1.67 bits per heavy atom. The minimum atomic E-state index is 0.620. The molecule has 1 saturated carbocycles. The number of nitrogens with zero attached hydrogens (tertiary/aromatic N) is 1. The molecule has 12 heavy (non-hydrogen) atoms. The molecule has 1 heterocycles. The van der Waals surface area contributed by atoms with E-state index in [2.05, 4.69) is 4.99 Å². The number of halogens is 1. The highest BCUT2D eigenvalue weighted by atomic mass is 35.5.